The van der Waals surface area contributed by atoms with Gasteiger partial charge in [0, 0.05) is 16.7 Å². The third-order valence-corrected chi connectivity index (χ3v) is 4.15. The van der Waals surface area contributed by atoms with Crippen molar-refractivity contribution in [2.24, 2.45) is 0 Å². The lowest BCUT2D eigenvalue weighted by Gasteiger charge is -2.11. The first-order chi connectivity index (χ1) is 12.2. The Labute approximate surface area is 144 Å². The molecule has 1 heterocycles. The molecular weight excluding hydrogens is 316 g/mol. The van der Waals surface area contributed by atoms with E-state index in [0.29, 0.717) is 28.1 Å². The first-order valence-electron chi connectivity index (χ1n) is 7.99. The monoisotopic (exact) mass is 330 g/mol. The minimum absolute atomic E-state index is 0.180. The Morgan fingerprint density at radius 2 is 1.56 bits per heavy atom. The van der Waals surface area contributed by atoms with E-state index in [0.717, 1.165) is 0 Å². The number of carbonyl (C=O) groups is 2. The Balaban J connectivity index is 2.02. The highest BCUT2D eigenvalue weighted by Gasteiger charge is 2.35. The third-order valence-electron chi connectivity index (χ3n) is 4.15. The number of benzene rings is 2. The van der Waals surface area contributed by atoms with E-state index in [4.69, 9.17) is 4.74 Å². The molecular formula is C20H14N2O3. The molecule has 2 aromatic carbocycles. The number of ketones is 1. The Morgan fingerprint density at radius 3 is 2.28 bits per heavy atom. The summed E-state index contributed by atoms with van der Waals surface area (Å²) in [5.41, 5.74) is 3.18. The number of esters is 1. The van der Waals surface area contributed by atoms with E-state index in [9.17, 15) is 9.59 Å². The summed E-state index contributed by atoms with van der Waals surface area (Å²) in [6.45, 7) is 1.94. The molecule has 5 nitrogen and oxygen atoms in total. The number of ether oxygens (including phenoxy) is 1. The van der Waals surface area contributed by atoms with Crippen LogP contribution in [0.25, 0.3) is 22.5 Å². The van der Waals surface area contributed by atoms with Crippen LogP contribution in [0.1, 0.15) is 33.2 Å². The van der Waals surface area contributed by atoms with Gasteiger partial charge < -0.3 is 4.74 Å². The van der Waals surface area contributed by atoms with Crippen LogP contribution in [0.15, 0.2) is 54.6 Å². The average molecular weight is 330 g/mol. The van der Waals surface area contributed by atoms with Crippen LogP contribution in [0.2, 0.25) is 0 Å². The summed E-state index contributed by atoms with van der Waals surface area (Å²) in [4.78, 5) is 25.6. The standard InChI is InChI=1S/C20H14N2O3/c1-2-25-20(24)16-15-18(13-10-6-7-11-14(13)19(15)23)22-21-17(16)12-8-4-3-5-9-12/h3-11H,2H2,1H3. The van der Waals surface area contributed by atoms with Crippen molar-refractivity contribution in [1.29, 1.82) is 0 Å². The summed E-state index contributed by atoms with van der Waals surface area (Å²) in [6, 6.07) is 16.4. The van der Waals surface area contributed by atoms with Gasteiger partial charge in [-0.15, -0.1) is 10.2 Å². The van der Waals surface area contributed by atoms with E-state index in [2.05, 4.69) is 10.2 Å². The molecule has 0 saturated heterocycles. The third kappa shape index (κ3) is 2.32. The number of hydrogen-bond acceptors (Lipinski definition) is 5. The molecule has 1 aliphatic rings. The van der Waals surface area contributed by atoms with Gasteiger partial charge in [-0.05, 0) is 6.92 Å². The van der Waals surface area contributed by atoms with E-state index in [1.807, 2.05) is 42.5 Å². The first-order valence-corrected chi connectivity index (χ1v) is 7.99. The smallest absolute Gasteiger partial charge is 0.341 e. The minimum Gasteiger partial charge on any atom is -0.462 e. The lowest BCUT2D eigenvalue weighted by molar-refractivity contribution is 0.0524. The lowest BCUT2D eigenvalue weighted by atomic mass is 9.99. The van der Waals surface area contributed by atoms with Crippen molar-refractivity contribution in [3.05, 3.63) is 71.3 Å². The predicted octanol–water partition coefficient (Wildman–Crippen LogP) is 3.53. The molecule has 0 atom stereocenters. The lowest BCUT2D eigenvalue weighted by Crippen LogP contribution is -2.14. The topological polar surface area (TPSA) is 69.2 Å². The number of aromatic nitrogens is 2. The molecule has 0 spiro atoms. The van der Waals surface area contributed by atoms with Crippen molar-refractivity contribution in [2.45, 2.75) is 6.92 Å². The molecule has 3 aromatic rings. The molecule has 0 unspecified atom stereocenters. The molecule has 122 valence electrons. The molecule has 1 aromatic heterocycles. The minimum atomic E-state index is -0.561. The van der Waals surface area contributed by atoms with Crippen LogP contribution in [0, 0.1) is 0 Å². The summed E-state index contributed by atoms with van der Waals surface area (Å²) in [5, 5.41) is 8.51. The Hall–Kier alpha value is -3.34. The molecule has 4 rings (SSSR count). The predicted molar refractivity (Wildman–Crippen MR) is 92.3 cm³/mol. The van der Waals surface area contributed by atoms with Crippen molar-refractivity contribution < 1.29 is 14.3 Å². The Morgan fingerprint density at radius 1 is 0.920 bits per heavy atom. The van der Waals surface area contributed by atoms with Crippen LogP contribution in [-0.2, 0) is 4.74 Å². The van der Waals surface area contributed by atoms with Gasteiger partial charge in [0.2, 0.25) is 0 Å². The number of hydrogen-bond donors (Lipinski definition) is 0. The summed E-state index contributed by atoms with van der Waals surface area (Å²) in [5.74, 6) is -0.783. The van der Waals surface area contributed by atoms with Crippen molar-refractivity contribution in [1.82, 2.24) is 10.2 Å². The van der Waals surface area contributed by atoms with E-state index in [1.54, 1.807) is 19.1 Å². The maximum absolute atomic E-state index is 12.9. The van der Waals surface area contributed by atoms with Crippen LogP contribution in [0.4, 0.5) is 0 Å². The number of nitrogens with zero attached hydrogens (tertiary/aromatic N) is 2. The second kappa shape index (κ2) is 5.94. The van der Waals surface area contributed by atoms with E-state index >= 15 is 0 Å². The molecule has 1 aliphatic carbocycles. The first kappa shape index (κ1) is 15.2. The second-order valence-electron chi connectivity index (χ2n) is 5.61. The molecule has 0 aliphatic heterocycles. The molecule has 0 N–H and O–H groups in total. The highest BCUT2D eigenvalue weighted by molar-refractivity contribution is 6.25. The van der Waals surface area contributed by atoms with Gasteiger partial charge in [0.25, 0.3) is 0 Å². The normalized spacial score (nSPS) is 11.8. The summed E-state index contributed by atoms with van der Waals surface area (Å²) in [6.07, 6.45) is 0. The molecule has 5 heteroatoms. The quantitative estimate of drug-likeness (QED) is 0.538. The van der Waals surface area contributed by atoms with Gasteiger partial charge in [-0.1, -0.05) is 54.6 Å². The van der Waals surface area contributed by atoms with E-state index in [-0.39, 0.29) is 23.5 Å². The van der Waals surface area contributed by atoms with Gasteiger partial charge in [0.05, 0.1) is 12.2 Å². The Kier molecular flexibility index (Phi) is 3.61. The largest absolute Gasteiger partial charge is 0.462 e. The molecule has 0 saturated carbocycles. The molecule has 25 heavy (non-hydrogen) atoms. The second-order valence-corrected chi connectivity index (χ2v) is 5.61. The van der Waals surface area contributed by atoms with Crippen molar-refractivity contribution in [3.8, 4) is 22.5 Å². The zero-order chi connectivity index (χ0) is 17.4. The zero-order valence-electron chi connectivity index (χ0n) is 13.5. The number of fused-ring (bicyclic) bond motifs is 3. The highest BCUT2D eigenvalue weighted by Crippen LogP contribution is 2.39. The maximum Gasteiger partial charge on any atom is 0.341 e. The van der Waals surface area contributed by atoms with Gasteiger partial charge in [0.1, 0.15) is 17.0 Å². The summed E-state index contributed by atoms with van der Waals surface area (Å²) in [7, 11) is 0. The maximum atomic E-state index is 12.9. The fourth-order valence-electron chi connectivity index (χ4n) is 3.07. The number of rotatable bonds is 3. The molecule has 0 fully saturated rings. The zero-order valence-corrected chi connectivity index (χ0v) is 13.5. The fraction of sp³-hybridized carbons (Fsp3) is 0.100. The van der Waals surface area contributed by atoms with Gasteiger partial charge in [-0.2, -0.15) is 0 Å². The Bertz CT molecular complexity index is 997. The fourth-order valence-corrected chi connectivity index (χ4v) is 3.07. The van der Waals surface area contributed by atoms with Crippen LogP contribution in [-0.4, -0.2) is 28.6 Å². The van der Waals surface area contributed by atoms with Crippen molar-refractivity contribution in [2.75, 3.05) is 6.61 Å². The summed E-state index contributed by atoms with van der Waals surface area (Å²) < 4.78 is 5.20. The summed E-state index contributed by atoms with van der Waals surface area (Å²) >= 11 is 0. The average Bonchev–Trinajstić information content (AvgIpc) is 2.95. The van der Waals surface area contributed by atoms with Crippen LogP contribution < -0.4 is 0 Å². The van der Waals surface area contributed by atoms with Crippen LogP contribution >= 0.6 is 0 Å². The SMILES string of the molecule is CCOC(=O)c1c(-c2ccccc2)nnc2c1C(=O)c1ccccc1-2. The molecule has 0 radical (unpaired) electrons. The number of carbonyl (C=O) groups excluding carboxylic acids is 2. The van der Waals surface area contributed by atoms with Gasteiger partial charge in [0.15, 0.2) is 5.78 Å². The molecule has 0 bridgehead atoms. The van der Waals surface area contributed by atoms with Crippen LogP contribution in [0.3, 0.4) is 0 Å². The van der Waals surface area contributed by atoms with Gasteiger partial charge in [-0.25, -0.2) is 4.79 Å². The van der Waals surface area contributed by atoms with Crippen molar-refractivity contribution >= 4 is 11.8 Å². The van der Waals surface area contributed by atoms with Gasteiger partial charge in [-0.3, -0.25) is 4.79 Å². The molecule has 0 amide bonds. The highest BCUT2D eigenvalue weighted by atomic mass is 16.5. The van der Waals surface area contributed by atoms with Gasteiger partial charge >= 0.3 is 5.97 Å². The van der Waals surface area contributed by atoms with E-state index < -0.39 is 5.97 Å². The van der Waals surface area contributed by atoms with Crippen molar-refractivity contribution in [3.63, 3.8) is 0 Å². The van der Waals surface area contributed by atoms with Crippen LogP contribution in [0.5, 0.6) is 0 Å². The van der Waals surface area contributed by atoms with E-state index in [1.165, 1.54) is 0 Å².